The van der Waals surface area contributed by atoms with E-state index in [1.807, 2.05) is 12.1 Å². The van der Waals surface area contributed by atoms with Crippen molar-refractivity contribution in [2.24, 2.45) is 0 Å². The first kappa shape index (κ1) is 19.0. The highest BCUT2D eigenvalue weighted by atomic mass is 35.5. The third-order valence-electron chi connectivity index (χ3n) is 6.22. The van der Waals surface area contributed by atoms with E-state index in [1.54, 1.807) is 0 Å². The van der Waals surface area contributed by atoms with E-state index in [2.05, 4.69) is 4.90 Å². The molecule has 0 aliphatic carbocycles. The maximum atomic E-state index is 11.6. The third kappa shape index (κ3) is 3.94. The lowest BCUT2D eigenvalue weighted by Crippen LogP contribution is -2.48. The van der Waals surface area contributed by atoms with Gasteiger partial charge in [0.15, 0.2) is 0 Å². The van der Waals surface area contributed by atoms with Crippen LogP contribution in [0.15, 0.2) is 12.1 Å². The Morgan fingerprint density at radius 1 is 1.30 bits per heavy atom. The zero-order valence-electron chi connectivity index (χ0n) is 15.5. The van der Waals surface area contributed by atoms with E-state index >= 15 is 0 Å². The Morgan fingerprint density at radius 3 is 2.81 bits per heavy atom. The van der Waals surface area contributed by atoms with Gasteiger partial charge in [-0.2, -0.15) is 0 Å². The number of hydrogen-bond acceptors (Lipinski definition) is 4. The summed E-state index contributed by atoms with van der Waals surface area (Å²) in [4.78, 5) is 15.5. The SMILES string of the molecule is O=C(O)N1CCC[C@H]1c1cc(Cl)cc2c1CN(CC1(O)CCOCC1)CC2. The van der Waals surface area contributed by atoms with Crippen LogP contribution in [0.3, 0.4) is 0 Å². The van der Waals surface area contributed by atoms with Gasteiger partial charge in [-0.3, -0.25) is 4.90 Å². The fourth-order valence-corrected chi connectivity index (χ4v) is 5.04. The van der Waals surface area contributed by atoms with Gasteiger partial charge < -0.3 is 19.8 Å². The monoisotopic (exact) mass is 394 g/mol. The fourth-order valence-electron chi connectivity index (χ4n) is 4.79. The van der Waals surface area contributed by atoms with Crippen LogP contribution in [0.1, 0.15) is 48.4 Å². The lowest BCUT2D eigenvalue weighted by atomic mass is 9.88. The van der Waals surface area contributed by atoms with E-state index in [0.29, 0.717) is 44.2 Å². The van der Waals surface area contributed by atoms with Crippen molar-refractivity contribution in [1.29, 1.82) is 0 Å². The van der Waals surface area contributed by atoms with Gasteiger partial charge >= 0.3 is 6.09 Å². The van der Waals surface area contributed by atoms with Crippen LogP contribution >= 0.6 is 11.6 Å². The number of amides is 1. The Bertz CT molecular complexity index is 720. The van der Waals surface area contributed by atoms with Crippen LogP contribution in [0.5, 0.6) is 0 Å². The minimum absolute atomic E-state index is 0.124. The molecule has 0 unspecified atom stereocenters. The van der Waals surface area contributed by atoms with E-state index in [0.717, 1.165) is 37.9 Å². The molecule has 148 valence electrons. The quantitative estimate of drug-likeness (QED) is 0.824. The summed E-state index contributed by atoms with van der Waals surface area (Å²) in [7, 11) is 0. The molecule has 3 heterocycles. The van der Waals surface area contributed by atoms with Crippen molar-refractivity contribution in [3.05, 3.63) is 33.8 Å². The second-order valence-electron chi connectivity index (χ2n) is 8.06. The molecule has 0 saturated carbocycles. The number of carbonyl (C=O) groups is 1. The molecular weight excluding hydrogens is 368 g/mol. The average Bonchev–Trinajstić information content (AvgIpc) is 3.11. The molecule has 7 heteroatoms. The van der Waals surface area contributed by atoms with Crippen LogP contribution in [-0.4, -0.2) is 64.6 Å². The summed E-state index contributed by atoms with van der Waals surface area (Å²) in [5.74, 6) is 0. The van der Waals surface area contributed by atoms with Gasteiger partial charge in [-0.25, -0.2) is 4.79 Å². The molecule has 4 rings (SSSR count). The Morgan fingerprint density at radius 2 is 2.07 bits per heavy atom. The Kier molecular flexibility index (Phi) is 5.34. The second kappa shape index (κ2) is 7.59. The molecule has 2 N–H and O–H groups in total. The average molecular weight is 395 g/mol. The highest BCUT2D eigenvalue weighted by Gasteiger charge is 2.36. The lowest BCUT2D eigenvalue weighted by molar-refractivity contribution is -0.0815. The van der Waals surface area contributed by atoms with Gasteiger partial charge in [0.05, 0.1) is 11.6 Å². The Balaban J connectivity index is 1.59. The number of rotatable bonds is 3. The molecule has 0 bridgehead atoms. The number of ether oxygens (including phenoxy) is 1. The normalized spacial score (nSPS) is 25.4. The molecule has 0 radical (unpaired) electrons. The van der Waals surface area contributed by atoms with Crippen molar-refractivity contribution >= 4 is 17.7 Å². The van der Waals surface area contributed by atoms with Crippen LogP contribution in [0.4, 0.5) is 4.79 Å². The molecule has 0 aromatic heterocycles. The zero-order chi connectivity index (χ0) is 19.0. The molecule has 2 fully saturated rings. The molecule has 1 aromatic carbocycles. The molecule has 3 aliphatic rings. The summed E-state index contributed by atoms with van der Waals surface area (Å²) in [6, 6.07) is 3.83. The molecule has 0 spiro atoms. The van der Waals surface area contributed by atoms with Crippen molar-refractivity contribution in [1.82, 2.24) is 9.80 Å². The molecule has 6 nitrogen and oxygen atoms in total. The van der Waals surface area contributed by atoms with E-state index < -0.39 is 11.7 Å². The summed E-state index contributed by atoms with van der Waals surface area (Å²) < 4.78 is 5.39. The van der Waals surface area contributed by atoms with Crippen LogP contribution < -0.4 is 0 Å². The first-order valence-corrected chi connectivity index (χ1v) is 10.2. The van der Waals surface area contributed by atoms with E-state index in [-0.39, 0.29) is 6.04 Å². The van der Waals surface area contributed by atoms with Crippen molar-refractivity contribution < 1.29 is 19.7 Å². The van der Waals surface area contributed by atoms with Crippen LogP contribution in [0.2, 0.25) is 5.02 Å². The molecule has 1 aromatic rings. The smallest absolute Gasteiger partial charge is 0.407 e. The predicted molar refractivity (Wildman–Crippen MR) is 102 cm³/mol. The number of halogens is 1. The third-order valence-corrected chi connectivity index (χ3v) is 6.44. The van der Waals surface area contributed by atoms with Gasteiger partial charge in [0, 0.05) is 57.3 Å². The number of likely N-dealkylation sites (tertiary alicyclic amines) is 1. The second-order valence-corrected chi connectivity index (χ2v) is 8.50. The number of hydrogen-bond donors (Lipinski definition) is 2. The number of carboxylic acid groups (broad SMARTS) is 1. The van der Waals surface area contributed by atoms with Crippen molar-refractivity contribution in [2.75, 3.05) is 32.8 Å². The molecule has 1 atom stereocenters. The van der Waals surface area contributed by atoms with Gasteiger partial charge in [0.25, 0.3) is 0 Å². The number of nitrogens with zero attached hydrogens (tertiary/aromatic N) is 2. The summed E-state index contributed by atoms with van der Waals surface area (Å²) >= 11 is 6.37. The molecular formula is C20H27ClN2O4. The fraction of sp³-hybridized carbons (Fsp3) is 0.650. The first-order chi connectivity index (χ1) is 13.0. The lowest BCUT2D eigenvalue weighted by Gasteiger charge is -2.39. The number of fused-ring (bicyclic) bond motifs is 1. The maximum absolute atomic E-state index is 11.6. The minimum atomic E-state index is -0.865. The molecule has 3 aliphatic heterocycles. The van der Waals surface area contributed by atoms with Gasteiger partial charge in [0.2, 0.25) is 0 Å². The minimum Gasteiger partial charge on any atom is -0.465 e. The van der Waals surface area contributed by atoms with Crippen molar-refractivity contribution in [3.63, 3.8) is 0 Å². The first-order valence-electron chi connectivity index (χ1n) is 9.78. The Labute approximate surface area is 164 Å². The van der Waals surface area contributed by atoms with Crippen LogP contribution in [-0.2, 0) is 17.7 Å². The number of β-amino-alcohol motifs (C(OH)–C–C–N with tert-alkyl or cyclic N) is 1. The Hall–Kier alpha value is -1.34. The maximum Gasteiger partial charge on any atom is 0.407 e. The van der Waals surface area contributed by atoms with Crippen LogP contribution in [0, 0.1) is 0 Å². The summed E-state index contributed by atoms with van der Waals surface area (Å²) in [6.45, 7) is 4.03. The topological polar surface area (TPSA) is 73.2 Å². The van der Waals surface area contributed by atoms with Gasteiger partial charge in [-0.1, -0.05) is 11.6 Å². The molecule has 2 saturated heterocycles. The highest BCUT2D eigenvalue weighted by molar-refractivity contribution is 6.30. The van der Waals surface area contributed by atoms with Crippen molar-refractivity contribution in [2.45, 2.75) is 50.3 Å². The van der Waals surface area contributed by atoms with Crippen LogP contribution in [0.25, 0.3) is 0 Å². The standard InChI is InChI=1S/C20H27ClN2O4/c21-15-10-14-3-7-22(13-20(26)4-8-27-9-5-20)12-17(14)16(11-15)18-2-1-6-23(18)19(24)25/h10-11,18,26H,1-9,12-13H2,(H,24,25)/t18-/m0/s1. The number of benzene rings is 1. The van der Waals surface area contributed by atoms with E-state index in [1.165, 1.54) is 16.0 Å². The highest BCUT2D eigenvalue weighted by Crippen LogP contribution is 2.39. The van der Waals surface area contributed by atoms with Gasteiger partial charge in [-0.15, -0.1) is 0 Å². The largest absolute Gasteiger partial charge is 0.465 e. The zero-order valence-corrected chi connectivity index (χ0v) is 16.2. The van der Waals surface area contributed by atoms with E-state index in [9.17, 15) is 15.0 Å². The van der Waals surface area contributed by atoms with Crippen molar-refractivity contribution in [3.8, 4) is 0 Å². The summed E-state index contributed by atoms with van der Waals surface area (Å²) in [5, 5.41) is 21.1. The summed E-state index contributed by atoms with van der Waals surface area (Å²) in [5.41, 5.74) is 2.76. The van der Waals surface area contributed by atoms with Gasteiger partial charge in [-0.05, 0) is 48.1 Å². The van der Waals surface area contributed by atoms with E-state index in [4.69, 9.17) is 16.3 Å². The van der Waals surface area contributed by atoms with Gasteiger partial charge in [0.1, 0.15) is 0 Å². The predicted octanol–water partition coefficient (Wildman–Crippen LogP) is 3.05. The summed E-state index contributed by atoms with van der Waals surface area (Å²) in [6.07, 6.45) is 3.05. The molecule has 27 heavy (non-hydrogen) atoms. The molecule has 1 amide bonds. The number of aliphatic hydroxyl groups is 1.